The van der Waals surface area contributed by atoms with Crippen molar-refractivity contribution < 1.29 is 42.9 Å². The van der Waals surface area contributed by atoms with E-state index in [0.29, 0.717) is 17.3 Å². The van der Waals surface area contributed by atoms with Gasteiger partial charge in [0.25, 0.3) is 0 Å². The molecule has 3 aromatic rings. The summed E-state index contributed by atoms with van der Waals surface area (Å²) in [5.41, 5.74) is 3.46. The molecule has 8 heteroatoms. The van der Waals surface area contributed by atoms with Gasteiger partial charge in [-0.3, -0.25) is 9.98 Å². The van der Waals surface area contributed by atoms with E-state index in [2.05, 4.69) is 51.5 Å². The van der Waals surface area contributed by atoms with Crippen molar-refractivity contribution >= 4 is 22.3 Å². The number of aryl methyl sites for hydroxylation is 1. The van der Waals surface area contributed by atoms with Crippen LogP contribution < -0.4 is 10.2 Å². The molecule has 2 aromatic carbocycles. The Kier molecular flexibility index (Phi) is 10.7. The normalized spacial score (nSPS) is 13.1. The van der Waals surface area contributed by atoms with E-state index in [0.717, 1.165) is 22.2 Å². The Morgan fingerprint density at radius 3 is 1.86 bits per heavy atom. The fourth-order valence-corrected chi connectivity index (χ4v) is 3.53. The number of aliphatic imine (C=N–C) groups is 1. The number of hydrogen-bond donors (Lipinski definition) is 0. The molecule has 0 aliphatic rings. The minimum Gasteiger partial charge on any atom is -0.872 e. The summed E-state index contributed by atoms with van der Waals surface area (Å²) in [5.74, 6) is -1.72. The van der Waals surface area contributed by atoms with Crippen molar-refractivity contribution in [2.24, 2.45) is 4.99 Å². The number of pyridine rings is 1. The molecule has 0 saturated heterocycles. The van der Waals surface area contributed by atoms with Crippen LogP contribution in [0.2, 0.25) is 0 Å². The Morgan fingerprint density at radius 1 is 0.865 bits per heavy atom. The van der Waals surface area contributed by atoms with Gasteiger partial charge in [-0.25, -0.2) is 0 Å². The van der Waals surface area contributed by atoms with E-state index >= 15 is 0 Å². The van der Waals surface area contributed by atoms with Gasteiger partial charge in [-0.2, -0.15) is 13.2 Å². The van der Waals surface area contributed by atoms with Crippen LogP contribution in [0.5, 0.6) is 5.75 Å². The van der Waals surface area contributed by atoms with Crippen LogP contribution in [0.4, 0.5) is 18.9 Å². The van der Waals surface area contributed by atoms with Crippen LogP contribution in [-0.4, -0.2) is 16.9 Å². The first-order chi connectivity index (χ1) is 16.4. The Labute approximate surface area is 230 Å². The molecule has 0 radical (unpaired) electrons. The summed E-state index contributed by atoms with van der Waals surface area (Å²) in [6.45, 7) is 15.6. The van der Waals surface area contributed by atoms with Gasteiger partial charge in [0.2, 0.25) is 0 Å². The standard InChI is InChI=1S/C15H13F3N2O.C14H22O.Zn/c1-9-6-7-11-4-3-5-12(14(11)20-9)19-10(2)8-13(21)15(16,17)18;1-13(2,3)10-8-7-9-11(12(10)15)14(4,5)6;/h3-8,21H,1-2H3;7-9,15H,1-6H3;/q;;+2/p-2/b13-8-,19-10?;;. The van der Waals surface area contributed by atoms with Gasteiger partial charge in [-0.05, 0) is 48.6 Å². The minimum atomic E-state index is -4.88. The molecule has 194 valence electrons. The van der Waals surface area contributed by atoms with Crippen LogP contribution in [0.15, 0.2) is 65.4 Å². The summed E-state index contributed by atoms with van der Waals surface area (Å²) in [6, 6.07) is 14.8. The molecule has 1 aromatic heterocycles. The molecule has 3 rings (SSSR count). The molecule has 0 saturated carbocycles. The van der Waals surface area contributed by atoms with Crippen LogP contribution in [0, 0.1) is 6.92 Å². The van der Waals surface area contributed by atoms with Gasteiger partial charge in [0.15, 0.2) is 0 Å². The molecule has 37 heavy (non-hydrogen) atoms. The molecule has 0 unspecified atom stereocenters. The van der Waals surface area contributed by atoms with E-state index in [1.807, 2.05) is 43.3 Å². The van der Waals surface area contributed by atoms with Gasteiger partial charge < -0.3 is 10.2 Å². The molecule has 0 bridgehead atoms. The van der Waals surface area contributed by atoms with Crippen molar-refractivity contribution in [2.45, 2.75) is 72.4 Å². The average Bonchev–Trinajstić information content (AvgIpc) is 2.72. The molecule has 0 aliphatic carbocycles. The van der Waals surface area contributed by atoms with E-state index in [-0.39, 0.29) is 41.8 Å². The molecule has 0 atom stereocenters. The van der Waals surface area contributed by atoms with Crippen LogP contribution in [0.25, 0.3) is 10.9 Å². The summed E-state index contributed by atoms with van der Waals surface area (Å²) in [7, 11) is 0. The maximum atomic E-state index is 12.3. The topological polar surface area (TPSA) is 71.4 Å². The quantitative estimate of drug-likeness (QED) is 0.196. The monoisotopic (exact) mass is 562 g/mol. The van der Waals surface area contributed by atoms with Gasteiger partial charge in [0.1, 0.15) is 0 Å². The van der Waals surface area contributed by atoms with Crippen molar-refractivity contribution in [1.29, 1.82) is 0 Å². The second kappa shape index (κ2) is 12.2. The van der Waals surface area contributed by atoms with Crippen molar-refractivity contribution in [3.05, 3.63) is 77.2 Å². The van der Waals surface area contributed by atoms with Crippen LogP contribution in [0.1, 0.15) is 65.3 Å². The van der Waals surface area contributed by atoms with Crippen molar-refractivity contribution in [3.63, 3.8) is 0 Å². The van der Waals surface area contributed by atoms with E-state index in [4.69, 9.17) is 0 Å². The van der Waals surface area contributed by atoms with Crippen molar-refractivity contribution in [3.8, 4) is 5.75 Å². The molecule has 0 amide bonds. The number of rotatable bonds is 2. The van der Waals surface area contributed by atoms with E-state index < -0.39 is 11.9 Å². The summed E-state index contributed by atoms with van der Waals surface area (Å²) >= 11 is 0. The third-order valence-electron chi connectivity index (χ3n) is 5.39. The summed E-state index contributed by atoms with van der Waals surface area (Å²) in [4.78, 5) is 8.39. The average molecular weight is 564 g/mol. The van der Waals surface area contributed by atoms with Crippen molar-refractivity contribution in [2.75, 3.05) is 0 Å². The maximum Gasteiger partial charge on any atom is 2.00 e. The number of allylic oxidation sites excluding steroid dienone is 2. The predicted molar refractivity (Wildman–Crippen MR) is 137 cm³/mol. The van der Waals surface area contributed by atoms with E-state index in [1.54, 1.807) is 12.1 Å². The first-order valence-electron chi connectivity index (χ1n) is 11.6. The fraction of sp³-hybridized carbons (Fsp3) is 0.379. The molecule has 0 aliphatic heterocycles. The number of halogens is 3. The zero-order chi connectivity index (χ0) is 27.5. The maximum absolute atomic E-state index is 12.3. The first kappa shape index (κ1) is 32.3. The molecule has 1 heterocycles. The molecule has 4 nitrogen and oxygen atoms in total. The van der Waals surface area contributed by atoms with Crippen molar-refractivity contribution in [1.82, 2.24) is 4.98 Å². The van der Waals surface area contributed by atoms with E-state index in [1.165, 1.54) is 6.92 Å². The second-order valence-corrected chi connectivity index (χ2v) is 10.7. The third-order valence-corrected chi connectivity index (χ3v) is 5.39. The number of alkyl halides is 3. The number of nitrogens with zero attached hydrogens (tertiary/aromatic N) is 2. The number of fused-ring (bicyclic) bond motifs is 1. The van der Waals surface area contributed by atoms with Crippen LogP contribution in [-0.2, 0) is 30.3 Å². The second-order valence-electron chi connectivity index (χ2n) is 10.7. The third kappa shape index (κ3) is 8.96. The molecular weight excluding hydrogens is 531 g/mol. The van der Waals surface area contributed by atoms with Crippen LogP contribution >= 0.6 is 0 Å². The van der Waals surface area contributed by atoms with Gasteiger partial charge in [0.05, 0.1) is 11.2 Å². The number of hydrogen-bond acceptors (Lipinski definition) is 4. The van der Waals surface area contributed by atoms with Gasteiger partial charge >= 0.3 is 25.7 Å². The molecule has 0 spiro atoms. The molecular formula is C29H33F3N2O2Zn. The van der Waals surface area contributed by atoms with Crippen LogP contribution in [0.3, 0.4) is 0 Å². The van der Waals surface area contributed by atoms with Gasteiger partial charge in [-0.1, -0.05) is 89.1 Å². The Balaban J connectivity index is 0.000000381. The summed E-state index contributed by atoms with van der Waals surface area (Å²) < 4.78 is 36.6. The molecule has 0 fully saturated rings. The van der Waals surface area contributed by atoms with E-state index in [9.17, 15) is 23.4 Å². The Morgan fingerprint density at radius 2 is 1.38 bits per heavy atom. The number of para-hydroxylation sites is 2. The van der Waals surface area contributed by atoms with Gasteiger partial charge in [-0.15, -0.1) is 5.75 Å². The summed E-state index contributed by atoms with van der Waals surface area (Å²) in [6.07, 6.45) is -4.40. The zero-order valence-electron chi connectivity index (χ0n) is 22.7. The predicted octanol–water partition coefficient (Wildman–Crippen LogP) is 6.79. The summed E-state index contributed by atoms with van der Waals surface area (Å²) in [5, 5.41) is 24.0. The fourth-order valence-electron chi connectivity index (χ4n) is 3.53. The minimum absolute atomic E-state index is 0. The zero-order valence-corrected chi connectivity index (χ0v) is 25.7. The number of aromatic nitrogens is 1. The molecule has 0 N–H and O–H groups in total. The SMILES string of the molecule is CC(/C=C(\[O-])C(F)(F)F)=Nc1cccc2ccc(C)nc12.CC(C)(C)c1cccc(C(C)(C)C)c1[O-].[Zn+2]. The first-order valence-corrected chi connectivity index (χ1v) is 11.6. The Hall–Kier alpha value is -2.73. The number of benzene rings is 2. The smallest absolute Gasteiger partial charge is 0.872 e. The van der Waals surface area contributed by atoms with Gasteiger partial charge in [0, 0.05) is 16.8 Å². The Bertz CT molecular complexity index is 1250. The largest absolute Gasteiger partial charge is 2.00 e.